The lowest BCUT2D eigenvalue weighted by molar-refractivity contribution is 0.0499. The van der Waals surface area contributed by atoms with E-state index in [4.69, 9.17) is 9.84 Å². The Labute approximate surface area is 193 Å². The van der Waals surface area contributed by atoms with Gasteiger partial charge in [0.05, 0.1) is 23.5 Å². The molecule has 7 heteroatoms. The molecule has 0 saturated heterocycles. The first kappa shape index (κ1) is 25.0. The normalized spacial score (nSPS) is 23.8. The molecule has 7 nitrogen and oxygen atoms in total. The number of aryl methyl sites for hydroxylation is 1. The van der Waals surface area contributed by atoms with Crippen LogP contribution in [0.4, 0.5) is 4.79 Å². The van der Waals surface area contributed by atoms with Gasteiger partial charge in [-0.1, -0.05) is 32.9 Å². The van der Waals surface area contributed by atoms with Crippen LogP contribution in [0.1, 0.15) is 86.0 Å². The maximum absolute atomic E-state index is 12.2. The van der Waals surface area contributed by atoms with Gasteiger partial charge in [0.15, 0.2) is 0 Å². The number of hydrogen-bond donors (Lipinski definition) is 2. The zero-order valence-corrected chi connectivity index (χ0v) is 21.4. The van der Waals surface area contributed by atoms with E-state index in [2.05, 4.69) is 61.9 Å². The SMILES string of the molecule is CC(C)C(C)(C)C(C)(C)n1nnc2c1CCC1C(CC2)C1COC(=O)NC(C)(C)CCO. The first-order valence-corrected chi connectivity index (χ1v) is 12.3. The number of fused-ring (bicyclic) bond motifs is 2. The molecule has 0 aliphatic heterocycles. The molecular formula is C25H44N4O3. The molecule has 1 amide bonds. The van der Waals surface area contributed by atoms with Gasteiger partial charge in [-0.25, -0.2) is 9.48 Å². The monoisotopic (exact) mass is 448 g/mol. The van der Waals surface area contributed by atoms with Gasteiger partial charge in [0.2, 0.25) is 0 Å². The number of rotatable bonds is 8. The standard InChI is InChI=1S/C25H44N4O3/c1-16(2)24(5,6)25(7,8)29-21-12-10-18-17(9-11-20(21)27-28-29)19(18)15-32-22(31)26-23(3,4)13-14-30/h16-19,30H,9-15H2,1-8H3,(H,26,31). The molecule has 3 unspecified atom stereocenters. The van der Waals surface area contributed by atoms with E-state index >= 15 is 0 Å². The van der Waals surface area contributed by atoms with E-state index in [0.717, 1.165) is 31.4 Å². The highest BCUT2D eigenvalue weighted by molar-refractivity contribution is 5.68. The fourth-order valence-electron chi connectivity index (χ4n) is 5.27. The summed E-state index contributed by atoms with van der Waals surface area (Å²) in [6, 6.07) is 0. The molecule has 0 bridgehead atoms. The number of nitrogens with zero attached hydrogens (tertiary/aromatic N) is 3. The third-order valence-electron chi connectivity index (χ3n) is 8.92. The molecule has 0 spiro atoms. The average Bonchev–Trinajstić information content (AvgIpc) is 3.14. The number of carbonyl (C=O) groups is 1. The van der Waals surface area contributed by atoms with Crippen LogP contribution in [0.3, 0.4) is 0 Å². The van der Waals surface area contributed by atoms with Crippen LogP contribution in [-0.4, -0.2) is 44.9 Å². The number of amides is 1. The van der Waals surface area contributed by atoms with Crippen LogP contribution in [0, 0.1) is 29.1 Å². The quantitative estimate of drug-likeness (QED) is 0.618. The maximum Gasteiger partial charge on any atom is 0.407 e. The highest BCUT2D eigenvalue weighted by atomic mass is 16.5. The van der Waals surface area contributed by atoms with E-state index in [1.807, 2.05) is 13.8 Å². The summed E-state index contributed by atoms with van der Waals surface area (Å²) in [7, 11) is 0. The number of aliphatic hydroxyl groups excluding tert-OH is 1. The summed E-state index contributed by atoms with van der Waals surface area (Å²) < 4.78 is 7.77. The summed E-state index contributed by atoms with van der Waals surface area (Å²) in [5.74, 6) is 2.17. The van der Waals surface area contributed by atoms with Gasteiger partial charge in [0.25, 0.3) is 0 Å². The second-order valence-electron chi connectivity index (χ2n) is 12.0. The molecule has 32 heavy (non-hydrogen) atoms. The number of alkyl carbamates (subject to hydrolysis) is 1. The minimum absolute atomic E-state index is 0.0389. The Morgan fingerprint density at radius 2 is 1.78 bits per heavy atom. The molecular weight excluding hydrogens is 404 g/mol. The van der Waals surface area contributed by atoms with Crippen molar-refractivity contribution in [1.29, 1.82) is 0 Å². The zero-order valence-electron chi connectivity index (χ0n) is 21.4. The number of aliphatic hydroxyl groups is 1. The Morgan fingerprint density at radius 1 is 1.16 bits per heavy atom. The van der Waals surface area contributed by atoms with Gasteiger partial charge >= 0.3 is 6.09 Å². The van der Waals surface area contributed by atoms with Crippen molar-refractivity contribution in [3.05, 3.63) is 11.4 Å². The van der Waals surface area contributed by atoms with E-state index in [9.17, 15) is 4.79 Å². The third-order valence-corrected chi connectivity index (χ3v) is 8.92. The molecule has 2 aliphatic rings. The van der Waals surface area contributed by atoms with Crippen LogP contribution in [-0.2, 0) is 23.1 Å². The Bertz CT molecular complexity index is 812. The van der Waals surface area contributed by atoms with Gasteiger partial charge in [-0.2, -0.15) is 0 Å². The molecule has 0 aromatic carbocycles. The van der Waals surface area contributed by atoms with E-state index in [1.54, 1.807) is 0 Å². The second kappa shape index (κ2) is 8.96. The van der Waals surface area contributed by atoms with Crippen molar-refractivity contribution >= 4 is 6.09 Å². The largest absolute Gasteiger partial charge is 0.449 e. The topological polar surface area (TPSA) is 89.3 Å². The van der Waals surface area contributed by atoms with Crippen molar-refractivity contribution < 1.29 is 14.6 Å². The van der Waals surface area contributed by atoms with E-state index in [-0.39, 0.29) is 23.7 Å². The lowest BCUT2D eigenvalue weighted by Gasteiger charge is -2.45. The second-order valence-corrected chi connectivity index (χ2v) is 12.0. The average molecular weight is 449 g/mol. The lowest BCUT2D eigenvalue weighted by Crippen LogP contribution is -2.46. The molecule has 1 aromatic heterocycles. The first-order valence-electron chi connectivity index (χ1n) is 12.3. The Kier molecular flexibility index (Phi) is 7.00. The Hall–Kier alpha value is -1.63. The van der Waals surface area contributed by atoms with Crippen LogP contribution >= 0.6 is 0 Å². The first-order chi connectivity index (χ1) is 14.8. The summed E-state index contributed by atoms with van der Waals surface area (Å²) in [5, 5.41) is 21.2. The molecule has 182 valence electrons. The molecule has 1 fully saturated rings. The van der Waals surface area contributed by atoms with Gasteiger partial charge in [0, 0.05) is 12.1 Å². The summed E-state index contributed by atoms with van der Waals surface area (Å²) in [4.78, 5) is 12.2. The Morgan fingerprint density at radius 3 is 2.38 bits per heavy atom. The van der Waals surface area contributed by atoms with E-state index in [0.29, 0.717) is 36.7 Å². The number of hydrogen-bond acceptors (Lipinski definition) is 5. The molecule has 3 rings (SSSR count). The number of ether oxygens (including phenoxy) is 1. The molecule has 2 N–H and O–H groups in total. The maximum atomic E-state index is 12.2. The summed E-state index contributed by atoms with van der Waals surface area (Å²) in [5.41, 5.74) is 1.91. The van der Waals surface area contributed by atoms with Crippen molar-refractivity contribution in [3.8, 4) is 0 Å². The van der Waals surface area contributed by atoms with Gasteiger partial charge in [-0.3, -0.25) is 0 Å². The fraction of sp³-hybridized carbons (Fsp3) is 0.880. The predicted molar refractivity (Wildman–Crippen MR) is 125 cm³/mol. The lowest BCUT2D eigenvalue weighted by atomic mass is 9.67. The van der Waals surface area contributed by atoms with Crippen LogP contribution in [0.25, 0.3) is 0 Å². The molecule has 0 radical (unpaired) electrons. The summed E-state index contributed by atoms with van der Waals surface area (Å²) >= 11 is 0. The number of carbonyl (C=O) groups excluding carboxylic acids is 1. The molecule has 2 aliphatic carbocycles. The number of aromatic nitrogens is 3. The molecule has 1 heterocycles. The van der Waals surface area contributed by atoms with Gasteiger partial charge in [-0.15, -0.1) is 5.10 Å². The highest BCUT2D eigenvalue weighted by Crippen LogP contribution is 2.53. The molecule has 1 aromatic rings. The van der Waals surface area contributed by atoms with Gasteiger partial charge < -0.3 is 15.2 Å². The summed E-state index contributed by atoms with van der Waals surface area (Å²) in [6.45, 7) is 18.1. The highest BCUT2D eigenvalue weighted by Gasteiger charge is 2.51. The van der Waals surface area contributed by atoms with Crippen molar-refractivity contribution in [2.45, 2.75) is 98.6 Å². The fourth-order valence-corrected chi connectivity index (χ4v) is 5.27. The van der Waals surface area contributed by atoms with Gasteiger partial charge in [0.1, 0.15) is 0 Å². The van der Waals surface area contributed by atoms with Crippen molar-refractivity contribution in [2.75, 3.05) is 13.2 Å². The summed E-state index contributed by atoms with van der Waals surface area (Å²) in [6.07, 6.45) is 4.21. The zero-order chi connectivity index (χ0) is 23.9. The third kappa shape index (κ3) is 4.82. The predicted octanol–water partition coefficient (Wildman–Crippen LogP) is 4.32. The number of nitrogens with one attached hydrogen (secondary N) is 1. The minimum Gasteiger partial charge on any atom is -0.449 e. The molecule has 1 saturated carbocycles. The van der Waals surface area contributed by atoms with Crippen molar-refractivity contribution in [1.82, 2.24) is 20.3 Å². The van der Waals surface area contributed by atoms with E-state index < -0.39 is 5.54 Å². The van der Waals surface area contributed by atoms with Crippen LogP contribution in [0.5, 0.6) is 0 Å². The van der Waals surface area contributed by atoms with Gasteiger partial charge in [-0.05, 0) is 88.9 Å². The van der Waals surface area contributed by atoms with Crippen LogP contribution < -0.4 is 5.32 Å². The van der Waals surface area contributed by atoms with Crippen molar-refractivity contribution in [2.24, 2.45) is 29.1 Å². The van der Waals surface area contributed by atoms with Crippen LogP contribution in [0.2, 0.25) is 0 Å². The minimum atomic E-state index is -0.465. The Balaban J connectivity index is 1.62. The van der Waals surface area contributed by atoms with E-state index in [1.165, 1.54) is 5.69 Å². The molecule has 3 atom stereocenters. The van der Waals surface area contributed by atoms with Crippen molar-refractivity contribution in [3.63, 3.8) is 0 Å². The smallest absolute Gasteiger partial charge is 0.407 e. The van der Waals surface area contributed by atoms with Crippen LogP contribution in [0.15, 0.2) is 0 Å².